The van der Waals surface area contributed by atoms with Crippen LogP contribution < -0.4 is 5.73 Å². The van der Waals surface area contributed by atoms with E-state index < -0.39 is 0 Å². The van der Waals surface area contributed by atoms with E-state index in [0.29, 0.717) is 6.54 Å². The van der Waals surface area contributed by atoms with E-state index in [1.807, 2.05) is 0 Å². The summed E-state index contributed by atoms with van der Waals surface area (Å²) in [6.07, 6.45) is 3.92. The van der Waals surface area contributed by atoms with Crippen LogP contribution in [0.2, 0.25) is 0 Å². The van der Waals surface area contributed by atoms with Crippen molar-refractivity contribution in [3.05, 3.63) is 0 Å². The summed E-state index contributed by atoms with van der Waals surface area (Å²) in [6.45, 7) is 5.93. The Morgan fingerprint density at radius 3 is 2.64 bits per heavy atom. The summed E-state index contributed by atoms with van der Waals surface area (Å²) in [5, 5.41) is 9.50. The first-order valence-corrected chi connectivity index (χ1v) is 5.49. The van der Waals surface area contributed by atoms with Gasteiger partial charge in [0.2, 0.25) is 0 Å². The van der Waals surface area contributed by atoms with Crippen molar-refractivity contribution in [3.8, 4) is 0 Å². The second-order valence-electron chi connectivity index (χ2n) is 5.09. The summed E-state index contributed by atoms with van der Waals surface area (Å²) in [5.74, 6) is 0. The molecule has 1 aliphatic heterocycles. The number of aliphatic hydroxyl groups excluding tert-OH is 1. The van der Waals surface area contributed by atoms with Gasteiger partial charge in [0.05, 0.1) is 5.60 Å². The molecule has 1 aliphatic rings. The summed E-state index contributed by atoms with van der Waals surface area (Å²) >= 11 is 0. The van der Waals surface area contributed by atoms with Crippen LogP contribution in [-0.2, 0) is 4.74 Å². The van der Waals surface area contributed by atoms with Gasteiger partial charge in [-0.25, -0.2) is 0 Å². The average molecular weight is 201 g/mol. The molecule has 0 saturated carbocycles. The Morgan fingerprint density at radius 1 is 1.43 bits per heavy atom. The minimum Gasteiger partial charge on any atom is -0.396 e. The van der Waals surface area contributed by atoms with Crippen LogP contribution >= 0.6 is 0 Å². The molecular formula is C11H23NO2. The van der Waals surface area contributed by atoms with E-state index in [9.17, 15) is 5.11 Å². The zero-order valence-electron chi connectivity index (χ0n) is 9.38. The Kier molecular flexibility index (Phi) is 3.93. The summed E-state index contributed by atoms with van der Waals surface area (Å²) in [7, 11) is 0. The van der Waals surface area contributed by atoms with Crippen LogP contribution in [0.5, 0.6) is 0 Å². The van der Waals surface area contributed by atoms with Gasteiger partial charge in [-0.1, -0.05) is 0 Å². The van der Waals surface area contributed by atoms with Gasteiger partial charge in [-0.15, -0.1) is 0 Å². The summed E-state index contributed by atoms with van der Waals surface area (Å²) < 4.78 is 5.66. The fourth-order valence-electron chi connectivity index (χ4n) is 2.49. The van der Waals surface area contributed by atoms with Gasteiger partial charge in [0.1, 0.15) is 0 Å². The maximum absolute atomic E-state index is 9.50. The lowest BCUT2D eigenvalue weighted by Gasteiger charge is -2.44. The van der Waals surface area contributed by atoms with Crippen molar-refractivity contribution in [2.45, 2.75) is 45.1 Å². The van der Waals surface area contributed by atoms with E-state index >= 15 is 0 Å². The molecule has 0 aromatic heterocycles. The Labute approximate surface area is 86.6 Å². The molecule has 1 heterocycles. The van der Waals surface area contributed by atoms with Crippen molar-refractivity contribution in [1.29, 1.82) is 0 Å². The molecule has 0 aromatic carbocycles. The monoisotopic (exact) mass is 201 g/mol. The van der Waals surface area contributed by atoms with Gasteiger partial charge < -0.3 is 15.6 Å². The van der Waals surface area contributed by atoms with Crippen LogP contribution in [0, 0.1) is 5.41 Å². The Hall–Kier alpha value is -0.120. The Balaban J connectivity index is 2.58. The third kappa shape index (κ3) is 2.94. The Morgan fingerprint density at radius 2 is 2.14 bits per heavy atom. The highest BCUT2D eigenvalue weighted by atomic mass is 16.5. The molecule has 1 unspecified atom stereocenters. The van der Waals surface area contributed by atoms with Crippen LogP contribution in [0.1, 0.15) is 39.5 Å². The van der Waals surface area contributed by atoms with Crippen molar-refractivity contribution >= 4 is 0 Å². The molecule has 0 aliphatic carbocycles. The maximum Gasteiger partial charge on any atom is 0.0632 e. The first-order valence-electron chi connectivity index (χ1n) is 5.49. The molecule has 1 saturated heterocycles. The second-order valence-corrected chi connectivity index (χ2v) is 5.09. The van der Waals surface area contributed by atoms with E-state index in [1.165, 1.54) is 0 Å². The quantitative estimate of drug-likeness (QED) is 0.720. The van der Waals surface area contributed by atoms with E-state index in [-0.39, 0.29) is 17.6 Å². The number of aliphatic hydroxyl groups is 1. The third-order valence-corrected chi connectivity index (χ3v) is 3.17. The fourth-order valence-corrected chi connectivity index (χ4v) is 2.49. The second kappa shape index (κ2) is 4.60. The number of rotatable bonds is 4. The molecule has 0 bridgehead atoms. The van der Waals surface area contributed by atoms with Gasteiger partial charge in [-0.05, 0) is 51.5 Å². The Bertz CT molecular complexity index is 182. The van der Waals surface area contributed by atoms with Crippen molar-refractivity contribution in [3.63, 3.8) is 0 Å². The molecule has 84 valence electrons. The zero-order chi connectivity index (χ0) is 10.7. The first kappa shape index (κ1) is 12.0. The zero-order valence-corrected chi connectivity index (χ0v) is 9.38. The number of hydrogen-bond donors (Lipinski definition) is 2. The molecule has 3 nitrogen and oxygen atoms in total. The predicted molar refractivity (Wildman–Crippen MR) is 57.1 cm³/mol. The van der Waals surface area contributed by atoms with Crippen molar-refractivity contribution < 1.29 is 9.84 Å². The van der Waals surface area contributed by atoms with Crippen LogP contribution in [0.3, 0.4) is 0 Å². The topological polar surface area (TPSA) is 55.5 Å². The van der Waals surface area contributed by atoms with Crippen molar-refractivity contribution in [1.82, 2.24) is 0 Å². The fraction of sp³-hybridized carbons (Fsp3) is 1.00. The van der Waals surface area contributed by atoms with Gasteiger partial charge in [-0.3, -0.25) is 0 Å². The molecule has 0 spiro atoms. The molecule has 0 aromatic rings. The predicted octanol–water partition coefficient (Wildman–Crippen LogP) is 1.29. The molecule has 1 rings (SSSR count). The molecule has 14 heavy (non-hydrogen) atoms. The molecule has 0 radical (unpaired) electrons. The van der Waals surface area contributed by atoms with E-state index in [0.717, 1.165) is 32.3 Å². The molecule has 3 heteroatoms. The molecule has 1 fully saturated rings. The van der Waals surface area contributed by atoms with Gasteiger partial charge in [-0.2, -0.15) is 0 Å². The minimum atomic E-state index is -0.0877. The summed E-state index contributed by atoms with van der Waals surface area (Å²) in [5.41, 5.74) is 5.48. The van der Waals surface area contributed by atoms with Crippen LogP contribution in [0.15, 0.2) is 0 Å². The van der Waals surface area contributed by atoms with Crippen LogP contribution in [0.4, 0.5) is 0 Å². The minimum absolute atomic E-state index is 0.0567. The molecule has 0 amide bonds. The number of hydrogen-bond acceptors (Lipinski definition) is 3. The summed E-state index contributed by atoms with van der Waals surface area (Å²) in [4.78, 5) is 0. The van der Waals surface area contributed by atoms with Crippen LogP contribution in [0.25, 0.3) is 0 Å². The lowest BCUT2D eigenvalue weighted by atomic mass is 9.71. The van der Waals surface area contributed by atoms with Gasteiger partial charge in [0.15, 0.2) is 0 Å². The smallest absolute Gasteiger partial charge is 0.0632 e. The maximum atomic E-state index is 9.50. The number of nitrogens with two attached hydrogens (primary N) is 1. The van der Waals surface area contributed by atoms with Crippen molar-refractivity contribution in [2.24, 2.45) is 11.1 Å². The largest absolute Gasteiger partial charge is 0.396 e. The molecule has 3 N–H and O–H groups in total. The normalized spacial score (nSPS) is 31.7. The SMILES string of the molecule is CC1(C)CC(CO)(CCCN)CCO1. The lowest BCUT2D eigenvalue weighted by Crippen LogP contribution is -2.43. The standard InChI is InChI=1S/C11H23NO2/c1-10(2)8-11(9-13,4-3-6-12)5-7-14-10/h13H,3-9,12H2,1-2H3. The lowest BCUT2D eigenvalue weighted by molar-refractivity contribution is -0.120. The van der Waals surface area contributed by atoms with Gasteiger partial charge >= 0.3 is 0 Å². The highest BCUT2D eigenvalue weighted by Gasteiger charge is 2.39. The van der Waals surface area contributed by atoms with E-state index in [4.69, 9.17) is 10.5 Å². The highest BCUT2D eigenvalue weighted by molar-refractivity contribution is 4.89. The average Bonchev–Trinajstić information content (AvgIpc) is 2.13. The number of ether oxygens (including phenoxy) is 1. The van der Waals surface area contributed by atoms with Gasteiger partial charge in [0, 0.05) is 13.2 Å². The third-order valence-electron chi connectivity index (χ3n) is 3.17. The first-order chi connectivity index (χ1) is 6.54. The molecule has 1 atom stereocenters. The van der Waals surface area contributed by atoms with Crippen LogP contribution in [-0.4, -0.2) is 30.5 Å². The van der Waals surface area contributed by atoms with E-state index in [2.05, 4.69) is 13.8 Å². The van der Waals surface area contributed by atoms with E-state index in [1.54, 1.807) is 0 Å². The summed E-state index contributed by atoms with van der Waals surface area (Å²) in [6, 6.07) is 0. The highest BCUT2D eigenvalue weighted by Crippen LogP contribution is 2.41. The van der Waals surface area contributed by atoms with Crippen molar-refractivity contribution in [2.75, 3.05) is 19.8 Å². The van der Waals surface area contributed by atoms with Gasteiger partial charge in [0.25, 0.3) is 0 Å². The molecular weight excluding hydrogens is 178 g/mol.